The topological polar surface area (TPSA) is 198 Å². The Hall–Kier alpha value is -5.42. The van der Waals surface area contributed by atoms with Gasteiger partial charge in [0.15, 0.2) is 12.2 Å². The number of halogens is 1. The van der Waals surface area contributed by atoms with Crippen LogP contribution in [0.5, 0.6) is 11.5 Å². The van der Waals surface area contributed by atoms with E-state index >= 15 is 0 Å². The van der Waals surface area contributed by atoms with Crippen molar-refractivity contribution in [3.63, 3.8) is 0 Å². The van der Waals surface area contributed by atoms with Crippen LogP contribution in [0.2, 0.25) is 0 Å². The van der Waals surface area contributed by atoms with Crippen LogP contribution in [0, 0.1) is 0 Å². The van der Waals surface area contributed by atoms with Crippen molar-refractivity contribution in [2.45, 2.75) is 83.2 Å². The lowest BCUT2D eigenvalue weighted by Gasteiger charge is -2.44. The Kier molecular flexibility index (Phi) is 13.3. The largest absolute Gasteiger partial charge is 0.492 e. The Morgan fingerprint density at radius 1 is 0.898 bits per heavy atom. The normalized spacial score (nSPS) is 21.8. The summed E-state index contributed by atoms with van der Waals surface area (Å²) in [6, 6.07) is 14.6. The van der Waals surface area contributed by atoms with E-state index in [4.69, 9.17) is 50.5 Å². The second-order valence-corrected chi connectivity index (χ2v) is 15.5. The van der Waals surface area contributed by atoms with Crippen LogP contribution >= 0.6 is 11.6 Å². The number of nitrogens with zero attached hydrogens (tertiary/aromatic N) is 2. The molecule has 17 heteroatoms. The molecule has 3 N–H and O–H groups in total. The Labute approximate surface area is 346 Å². The van der Waals surface area contributed by atoms with Crippen LogP contribution in [0.3, 0.4) is 0 Å². The van der Waals surface area contributed by atoms with E-state index in [1.807, 2.05) is 62.3 Å². The van der Waals surface area contributed by atoms with Crippen LogP contribution in [-0.2, 0) is 49.4 Å². The molecular formula is C42H49ClN4O12. The lowest BCUT2D eigenvalue weighted by molar-refractivity contribution is -0.288. The van der Waals surface area contributed by atoms with Gasteiger partial charge in [-0.1, -0.05) is 12.1 Å². The van der Waals surface area contributed by atoms with Crippen molar-refractivity contribution in [1.29, 1.82) is 0 Å². The smallest absolute Gasteiger partial charge is 0.303 e. The number of H-pyrrole nitrogens is 1. The molecule has 16 nitrogen and oxygen atoms in total. The number of alkyl halides is 1. The molecule has 0 unspecified atom stereocenters. The van der Waals surface area contributed by atoms with Gasteiger partial charge < -0.3 is 53.7 Å². The molecule has 3 heterocycles. The van der Waals surface area contributed by atoms with Crippen molar-refractivity contribution < 1.29 is 57.1 Å². The first-order chi connectivity index (χ1) is 28.0. The molecule has 0 aliphatic carbocycles. The van der Waals surface area contributed by atoms with Gasteiger partial charge in [0.2, 0.25) is 12.4 Å². The molecule has 1 fully saturated rings. The first-order valence-electron chi connectivity index (χ1n) is 19.2. The minimum Gasteiger partial charge on any atom is -0.492 e. The number of aromatic amines is 1. The molecule has 7 atom stereocenters. The molecule has 4 aromatic rings. The monoisotopic (exact) mass is 836 g/mol. The van der Waals surface area contributed by atoms with Crippen molar-refractivity contribution in [3.8, 4) is 11.5 Å². The zero-order valence-corrected chi connectivity index (χ0v) is 34.7. The minimum absolute atomic E-state index is 0.187. The summed E-state index contributed by atoms with van der Waals surface area (Å²) in [5, 5.41) is 1.67. The van der Waals surface area contributed by atoms with E-state index in [1.54, 1.807) is 17.0 Å². The lowest BCUT2D eigenvalue weighted by atomic mass is 9.91. The summed E-state index contributed by atoms with van der Waals surface area (Å²) in [6.07, 6.45) is -7.11. The van der Waals surface area contributed by atoms with E-state index in [1.165, 1.54) is 6.92 Å². The van der Waals surface area contributed by atoms with Gasteiger partial charge in [-0.15, -0.1) is 11.6 Å². The van der Waals surface area contributed by atoms with Crippen LogP contribution < -0.4 is 20.1 Å². The number of esters is 4. The first kappa shape index (κ1) is 43.2. The van der Waals surface area contributed by atoms with Gasteiger partial charge >= 0.3 is 23.9 Å². The highest BCUT2D eigenvalue weighted by Crippen LogP contribution is 2.48. The second kappa shape index (κ2) is 18.2. The Balaban J connectivity index is 1.45. The molecule has 6 rings (SSSR count). The molecule has 2 aliphatic rings. The Morgan fingerprint density at radius 2 is 1.59 bits per heavy atom. The fraction of sp³-hybridized carbons (Fsp3) is 0.452. The number of fused-ring (bicyclic) bond motifs is 4. The van der Waals surface area contributed by atoms with E-state index in [-0.39, 0.29) is 30.7 Å². The van der Waals surface area contributed by atoms with Crippen LogP contribution in [-0.4, -0.2) is 116 Å². The van der Waals surface area contributed by atoms with Crippen LogP contribution in [0.4, 0.5) is 5.69 Å². The molecule has 2 aliphatic heterocycles. The van der Waals surface area contributed by atoms with Crippen molar-refractivity contribution in [3.05, 3.63) is 65.4 Å². The van der Waals surface area contributed by atoms with Crippen molar-refractivity contribution in [2.75, 3.05) is 45.3 Å². The molecule has 0 radical (unpaired) electrons. The molecule has 1 amide bonds. The van der Waals surface area contributed by atoms with Crippen molar-refractivity contribution >= 4 is 68.7 Å². The predicted molar refractivity (Wildman–Crippen MR) is 217 cm³/mol. The summed E-state index contributed by atoms with van der Waals surface area (Å²) >= 11 is 6.87. The van der Waals surface area contributed by atoms with E-state index in [0.29, 0.717) is 34.5 Å². The molecule has 0 bridgehead atoms. The van der Waals surface area contributed by atoms with Crippen molar-refractivity contribution in [1.82, 2.24) is 9.88 Å². The maximum Gasteiger partial charge on any atom is 0.303 e. The van der Waals surface area contributed by atoms with Crippen LogP contribution in [0.1, 0.15) is 62.2 Å². The number of likely N-dealkylation sites (N-methyl/N-ethyl adjacent to an activating group) is 1. The van der Waals surface area contributed by atoms with Gasteiger partial charge in [-0.25, -0.2) is 0 Å². The quantitative estimate of drug-likeness (QED) is 0.102. The highest BCUT2D eigenvalue weighted by molar-refractivity contribution is 6.22. The fourth-order valence-electron chi connectivity index (χ4n) is 7.45. The fourth-order valence-corrected chi connectivity index (χ4v) is 7.66. The van der Waals surface area contributed by atoms with Gasteiger partial charge in [0.25, 0.3) is 5.91 Å². The van der Waals surface area contributed by atoms with Gasteiger partial charge in [-0.3, -0.25) is 24.0 Å². The van der Waals surface area contributed by atoms with Crippen molar-refractivity contribution in [2.24, 2.45) is 5.73 Å². The number of aromatic nitrogens is 1. The van der Waals surface area contributed by atoms with Crippen LogP contribution in [0.25, 0.3) is 21.7 Å². The molecule has 0 spiro atoms. The van der Waals surface area contributed by atoms with E-state index in [2.05, 4.69) is 4.98 Å². The van der Waals surface area contributed by atoms with E-state index in [9.17, 15) is 24.0 Å². The molecule has 59 heavy (non-hydrogen) atoms. The number of amides is 1. The first-order valence-corrected chi connectivity index (χ1v) is 19.6. The SMILES string of the molecule is CC(=O)OC[C@H]1O[C@@H](Oc2cc3c(c4ccc(CN)cc24)[C@H]([C@@H](C)Cl)CN3C(=O)c2cc3cc(OCCN(C)C)ccc3[nH]2)[C@H](OC(C)=O)[C@@H](OC(C)=O)[C@H]1OC(C)=O. The van der Waals surface area contributed by atoms with Gasteiger partial charge in [0.1, 0.15) is 36.5 Å². The van der Waals surface area contributed by atoms with Gasteiger partial charge in [0, 0.05) is 81.0 Å². The summed E-state index contributed by atoms with van der Waals surface area (Å²) in [5.74, 6) is -2.76. The third kappa shape index (κ3) is 9.73. The summed E-state index contributed by atoms with van der Waals surface area (Å²) in [6.45, 7) is 7.70. The maximum absolute atomic E-state index is 14.6. The number of nitrogens with one attached hydrogen (secondary N) is 1. The number of rotatable bonds is 14. The third-order valence-corrected chi connectivity index (χ3v) is 10.4. The number of ether oxygens (including phenoxy) is 7. The standard InChI is InChI=1S/C42H49ClN4O12/c1-21(43)31-19-47(41(52)33-16-27-15-28(9-11-32(27)45-33)53-13-12-46(6)7)34-17-35(30-14-26(18-44)8-10-29(30)37(31)34)58-42-40(57-25(5)51)39(56-24(4)50)38(55-23(3)49)36(59-42)20-54-22(2)48/h8-11,14-17,21,31,36,38-40,42,45H,12-13,18-20,44H2,1-7H3/t21-,31+,36-,38+,39+,40-,42-/m1/s1. The van der Waals surface area contributed by atoms with Gasteiger partial charge in [-0.05, 0) is 67.9 Å². The summed E-state index contributed by atoms with van der Waals surface area (Å²) in [7, 11) is 3.93. The minimum atomic E-state index is -1.53. The number of nitrogens with two attached hydrogens (primary N) is 1. The highest BCUT2D eigenvalue weighted by Gasteiger charge is 2.53. The Bertz CT molecular complexity index is 2240. The zero-order valence-electron chi connectivity index (χ0n) is 33.9. The molecule has 0 saturated carbocycles. The number of carbonyl (C=O) groups is 5. The van der Waals surface area contributed by atoms with E-state index < -0.39 is 66.6 Å². The van der Waals surface area contributed by atoms with Gasteiger partial charge in [-0.2, -0.15) is 0 Å². The van der Waals surface area contributed by atoms with Gasteiger partial charge in [0.05, 0.1) is 5.69 Å². The average molecular weight is 837 g/mol. The lowest BCUT2D eigenvalue weighted by Crippen LogP contribution is -2.63. The van der Waals surface area contributed by atoms with Crippen LogP contribution in [0.15, 0.2) is 48.5 Å². The number of hydrogen-bond acceptors (Lipinski definition) is 14. The number of hydrogen-bond donors (Lipinski definition) is 2. The Morgan fingerprint density at radius 3 is 2.24 bits per heavy atom. The molecular weight excluding hydrogens is 788 g/mol. The molecule has 3 aromatic carbocycles. The summed E-state index contributed by atoms with van der Waals surface area (Å²) in [4.78, 5) is 70.8. The number of benzene rings is 3. The zero-order chi connectivity index (χ0) is 42.7. The number of carbonyl (C=O) groups excluding carboxylic acids is 5. The molecule has 1 aromatic heterocycles. The number of anilines is 1. The second-order valence-electron chi connectivity index (χ2n) is 14.9. The predicted octanol–water partition coefficient (Wildman–Crippen LogP) is 4.55. The average Bonchev–Trinajstić information content (AvgIpc) is 3.77. The summed E-state index contributed by atoms with van der Waals surface area (Å²) < 4.78 is 41.0. The van der Waals surface area contributed by atoms with E-state index in [0.717, 1.165) is 49.3 Å². The molecule has 1 saturated heterocycles. The maximum atomic E-state index is 14.6. The third-order valence-electron chi connectivity index (χ3n) is 10.1. The highest BCUT2D eigenvalue weighted by atomic mass is 35.5. The summed E-state index contributed by atoms with van der Waals surface area (Å²) in [5.41, 5.74) is 9.25. The molecule has 316 valence electrons.